The Hall–Kier alpha value is -0.800. The number of pyridine rings is 1. The molecule has 0 aliphatic heterocycles. The van der Waals surface area contributed by atoms with Gasteiger partial charge in [-0.2, -0.15) is 0 Å². The molecule has 0 bridgehead atoms. The molecule has 0 spiro atoms. The summed E-state index contributed by atoms with van der Waals surface area (Å²) in [6.07, 6.45) is 5.95. The molecule has 2 rings (SSSR count). The number of nitrogens with one attached hydrogen (secondary N) is 1. The minimum atomic E-state index is 0.424. The average molecular weight is 227 g/mol. The SMILES string of the molecule is CCOC1CC(Nc2ccncc2Cl)C1. The first-order valence-corrected chi connectivity index (χ1v) is 5.65. The van der Waals surface area contributed by atoms with Crippen molar-refractivity contribution in [2.24, 2.45) is 0 Å². The zero-order valence-corrected chi connectivity index (χ0v) is 9.50. The molecule has 1 aliphatic carbocycles. The number of hydrogen-bond donors (Lipinski definition) is 1. The van der Waals surface area contributed by atoms with Crippen LogP contribution in [0.15, 0.2) is 18.5 Å². The van der Waals surface area contributed by atoms with E-state index >= 15 is 0 Å². The molecule has 4 heteroatoms. The van der Waals surface area contributed by atoms with Crippen molar-refractivity contribution in [3.05, 3.63) is 23.5 Å². The van der Waals surface area contributed by atoms with E-state index in [1.807, 2.05) is 13.0 Å². The molecule has 1 fully saturated rings. The van der Waals surface area contributed by atoms with Crippen molar-refractivity contribution in [3.8, 4) is 0 Å². The monoisotopic (exact) mass is 226 g/mol. The van der Waals surface area contributed by atoms with Gasteiger partial charge >= 0.3 is 0 Å². The summed E-state index contributed by atoms with van der Waals surface area (Å²) in [7, 11) is 0. The Morgan fingerprint density at radius 1 is 1.60 bits per heavy atom. The number of anilines is 1. The lowest BCUT2D eigenvalue weighted by molar-refractivity contribution is 0.00299. The lowest BCUT2D eigenvalue weighted by Gasteiger charge is -2.36. The number of aromatic nitrogens is 1. The molecule has 1 aromatic heterocycles. The summed E-state index contributed by atoms with van der Waals surface area (Å²) < 4.78 is 5.49. The van der Waals surface area contributed by atoms with Crippen LogP contribution in [0.5, 0.6) is 0 Å². The van der Waals surface area contributed by atoms with E-state index in [4.69, 9.17) is 16.3 Å². The van der Waals surface area contributed by atoms with Gasteiger partial charge in [-0.3, -0.25) is 4.98 Å². The van der Waals surface area contributed by atoms with Gasteiger partial charge in [-0.1, -0.05) is 11.6 Å². The van der Waals surface area contributed by atoms with Crippen molar-refractivity contribution >= 4 is 17.3 Å². The second kappa shape index (κ2) is 4.81. The fourth-order valence-corrected chi connectivity index (χ4v) is 1.94. The largest absolute Gasteiger partial charge is 0.381 e. The van der Waals surface area contributed by atoms with Gasteiger partial charge in [-0.15, -0.1) is 0 Å². The maximum atomic E-state index is 5.99. The number of rotatable bonds is 4. The zero-order valence-electron chi connectivity index (χ0n) is 8.74. The third-order valence-electron chi connectivity index (χ3n) is 2.63. The van der Waals surface area contributed by atoms with Crippen molar-refractivity contribution in [2.75, 3.05) is 11.9 Å². The highest BCUT2D eigenvalue weighted by atomic mass is 35.5. The fourth-order valence-electron chi connectivity index (χ4n) is 1.77. The lowest BCUT2D eigenvalue weighted by atomic mass is 9.89. The van der Waals surface area contributed by atoms with Crippen molar-refractivity contribution < 1.29 is 4.74 Å². The molecule has 3 nitrogen and oxygen atoms in total. The van der Waals surface area contributed by atoms with Crippen LogP contribution in [0.25, 0.3) is 0 Å². The van der Waals surface area contributed by atoms with Crippen molar-refractivity contribution in [1.82, 2.24) is 4.98 Å². The maximum Gasteiger partial charge on any atom is 0.0820 e. The summed E-state index contributed by atoms with van der Waals surface area (Å²) in [5, 5.41) is 4.06. The molecular weight excluding hydrogens is 212 g/mol. The highest BCUT2D eigenvalue weighted by molar-refractivity contribution is 6.33. The summed E-state index contributed by atoms with van der Waals surface area (Å²) in [5.74, 6) is 0. The molecule has 1 N–H and O–H groups in total. The van der Waals surface area contributed by atoms with Crippen molar-refractivity contribution in [1.29, 1.82) is 0 Å². The van der Waals surface area contributed by atoms with Crippen LogP contribution in [-0.2, 0) is 4.74 Å². The van der Waals surface area contributed by atoms with E-state index in [1.165, 1.54) is 0 Å². The van der Waals surface area contributed by atoms with E-state index < -0.39 is 0 Å². The standard InChI is InChI=1S/C11H15ClN2O/c1-2-15-9-5-8(6-9)14-11-3-4-13-7-10(11)12/h3-4,7-9H,2,5-6H2,1H3,(H,13,14). The number of nitrogens with zero attached hydrogens (tertiary/aromatic N) is 1. The second-order valence-electron chi connectivity index (χ2n) is 3.75. The maximum absolute atomic E-state index is 5.99. The van der Waals surface area contributed by atoms with Crippen LogP contribution in [0.1, 0.15) is 19.8 Å². The van der Waals surface area contributed by atoms with E-state index in [-0.39, 0.29) is 0 Å². The lowest BCUT2D eigenvalue weighted by Crippen LogP contribution is -2.40. The predicted molar refractivity (Wildman–Crippen MR) is 61.3 cm³/mol. The van der Waals surface area contributed by atoms with Gasteiger partial charge in [0.15, 0.2) is 0 Å². The van der Waals surface area contributed by atoms with Crippen LogP contribution in [0.3, 0.4) is 0 Å². The Morgan fingerprint density at radius 2 is 2.40 bits per heavy atom. The summed E-state index contributed by atoms with van der Waals surface area (Å²) in [6.45, 7) is 2.83. The molecule has 1 aliphatic rings. The molecule has 0 radical (unpaired) electrons. The molecule has 0 saturated heterocycles. The van der Waals surface area contributed by atoms with Gasteiger partial charge in [-0.25, -0.2) is 0 Å². The zero-order chi connectivity index (χ0) is 10.7. The van der Waals surface area contributed by atoms with Gasteiger partial charge in [0.1, 0.15) is 0 Å². The highest BCUT2D eigenvalue weighted by Crippen LogP contribution is 2.29. The van der Waals surface area contributed by atoms with Crippen LogP contribution in [0.4, 0.5) is 5.69 Å². The minimum absolute atomic E-state index is 0.424. The molecule has 82 valence electrons. The van der Waals surface area contributed by atoms with Crippen molar-refractivity contribution in [3.63, 3.8) is 0 Å². The van der Waals surface area contributed by atoms with E-state index in [9.17, 15) is 0 Å². The minimum Gasteiger partial charge on any atom is -0.381 e. The Labute approximate surface area is 94.8 Å². The first-order chi connectivity index (χ1) is 7.29. The third kappa shape index (κ3) is 2.61. The van der Waals surface area contributed by atoms with E-state index in [0.29, 0.717) is 17.2 Å². The molecule has 1 aromatic rings. The number of halogens is 1. The molecular formula is C11H15ClN2O. The smallest absolute Gasteiger partial charge is 0.0820 e. The molecule has 1 heterocycles. The van der Waals surface area contributed by atoms with Gasteiger partial charge in [-0.05, 0) is 25.8 Å². The molecule has 1 saturated carbocycles. The van der Waals surface area contributed by atoms with Gasteiger partial charge in [0.05, 0.1) is 16.8 Å². The van der Waals surface area contributed by atoms with Gasteiger partial charge < -0.3 is 10.1 Å². The van der Waals surface area contributed by atoms with Crippen LogP contribution in [0.2, 0.25) is 5.02 Å². The first kappa shape index (κ1) is 10.7. The summed E-state index contributed by atoms with van der Waals surface area (Å²) in [4.78, 5) is 3.94. The van der Waals surface area contributed by atoms with E-state index in [0.717, 1.165) is 25.1 Å². The van der Waals surface area contributed by atoms with E-state index in [2.05, 4.69) is 10.3 Å². The number of ether oxygens (including phenoxy) is 1. The quantitative estimate of drug-likeness (QED) is 0.857. The van der Waals surface area contributed by atoms with Crippen LogP contribution < -0.4 is 5.32 Å². The van der Waals surface area contributed by atoms with Crippen LogP contribution in [-0.4, -0.2) is 23.7 Å². The molecule has 0 amide bonds. The first-order valence-electron chi connectivity index (χ1n) is 5.27. The predicted octanol–water partition coefficient (Wildman–Crippen LogP) is 2.71. The Balaban J connectivity index is 1.82. The number of hydrogen-bond acceptors (Lipinski definition) is 3. The Morgan fingerprint density at radius 3 is 3.07 bits per heavy atom. The second-order valence-corrected chi connectivity index (χ2v) is 4.15. The third-order valence-corrected chi connectivity index (χ3v) is 2.93. The van der Waals surface area contributed by atoms with Gasteiger partial charge in [0.25, 0.3) is 0 Å². The van der Waals surface area contributed by atoms with Gasteiger partial charge in [0, 0.05) is 25.0 Å². The Kier molecular flexibility index (Phi) is 3.44. The Bertz CT molecular complexity index is 326. The summed E-state index contributed by atoms with van der Waals surface area (Å²) >= 11 is 5.99. The van der Waals surface area contributed by atoms with Gasteiger partial charge in [0.2, 0.25) is 0 Å². The molecule has 15 heavy (non-hydrogen) atoms. The molecule has 0 aromatic carbocycles. The van der Waals surface area contributed by atoms with Crippen LogP contribution in [0, 0.1) is 0 Å². The molecule has 0 unspecified atom stereocenters. The van der Waals surface area contributed by atoms with Crippen molar-refractivity contribution in [2.45, 2.75) is 31.9 Å². The summed E-state index contributed by atoms with van der Waals surface area (Å²) in [6, 6.07) is 2.39. The average Bonchev–Trinajstić information content (AvgIpc) is 2.18. The normalized spacial score (nSPS) is 24.7. The summed E-state index contributed by atoms with van der Waals surface area (Å²) in [5.41, 5.74) is 0.964. The highest BCUT2D eigenvalue weighted by Gasteiger charge is 2.29. The topological polar surface area (TPSA) is 34.1 Å². The van der Waals surface area contributed by atoms with Crippen LogP contribution >= 0.6 is 11.6 Å². The van der Waals surface area contributed by atoms with E-state index in [1.54, 1.807) is 12.4 Å². The molecule has 0 atom stereocenters. The fraction of sp³-hybridized carbons (Fsp3) is 0.545.